The Morgan fingerprint density at radius 1 is 1.24 bits per heavy atom. The fourth-order valence-corrected chi connectivity index (χ4v) is 2.86. The van der Waals surface area contributed by atoms with E-state index in [1.807, 2.05) is 25.7 Å². The molecule has 1 aliphatic carbocycles. The number of hydrogen-bond acceptors (Lipinski definition) is 2. The summed E-state index contributed by atoms with van der Waals surface area (Å²) in [6, 6.07) is -0.860. The lowest BCUT2D eigenvalue weighted by Gasteiger charge is -2.34. The number of carboxylic acid groups (broad SMARTS) is 1. The predicted octanol–water partition coefficient (Wildman–Crippen LogP) is 3.10. The summed E-state index contributed by atoms with van der Waals surface area (Å²) in [4.78, 5) is 25.8. The lowest BCUT2D eigenvalue weighted by molar-refractivity contribution is -0.142. The summed E-state index contributed by atoms with van der Waals surface area (Å²) in [7, 11) is 0. The molecule has 2 amide bonds. The molecular formula is C16H30N2O3. The van der Waals surface area contributed by atoms with E-state index >= 15 is 0 Å². The number of urea groups is 1. The molecule has 0 bridgehead atoms. The Morgan fingerprint density at radius 2 is 1.76 bits per heavy atom. The van der Waals surface area contributed by atoms with Crippen LogP contribution in [0.3, 0.4) is 0 Å². The number of carbonyl (C=O) groups is 2. The number of amides is 2. The fraction of sp³-hybridized carbons (Fsp3) is 0.875. The number of rotatable bonds is 5. The summed E-state index contributed by atoms with van der Waals surface area (Å²) >= 11 is 0. The highest BCUT2D eigenvalue weighted by Crippen LogP contribution is 2.25. The average molecular weight is 298 g/mol. The van der Waals surface area contributed by atoms with E-state index in [-0.39, 0.29) is 12.1 Å². The van der Waals surface area contributed by atoms with Gasteiger partial charge in [-0.1, -0.05) is 47.5 Å². The molecule has 0 aromatic heterocycles. The Kier molecular flexibility index (Phi) is 6.05. The molecule has 21 heavy (non-hydrogen) atoms. The van der Waals surface area contributed by atoms with Crippen LogP contribution in [0.2, 0.25) is 0 Å². The van der Waals surface area contributed by atoms with Crippen molar-refractivity contribution in [1.29, 1.82) is 0 Å². The van der Waals surface area contributed by atoms with Gasteiger partial charge in [0.25, 0.3) is 0 Å². The maximum absolute atomic E-state index is 12.6. The molecule has 0 aromatic rings. The highest BCUT2D eigenvalue weighted by atomic mass is 16.4. The van der Waals surface area contributed by atoms with Gasteiger partial charge in [-0.2, -0.15) is 0 Å². The van der Waals surface area contributed by atoms with Crippen molar-refractivity contribution in [2.75, 3.05) is 6.54 Å². The molecule has 122 valence electrons. The first-order valence-electron chi connectivity index (χ1n) is 7.93. The van der Waals surface area contributed by atoms with Gasteiger partial charge in [-0.15, -0.1) is 0 Å². The Bertz CT molecular complexity index is 368. The zero-order valence-corrected chi connectivity index (χ0v) is 14.0. The normalized spacial score (nSPS) is 17.8. The summed E-state index contributed by atoms with van der Waals surface area (Å²) < 4.78 is 0. The van der Waals surface area contributed by atoms with Crippen molar-refractivity contribution in [3.8, 4) is 0 Å². The predicted molar refractivity (Wildman–Crippen MR) is 83.2 cm³/mol. The van der Waals surface area contributed by atoms with E-state index in [1.165, 1.54) is 0 Å². The van der Waals surface area contributed by atoms with Crippen LogP contribution < -0.4 is 5.32 Å². The van der Waals surface area contributed by atoms with Gasteiger partial charge in [0.1, 0.15) is 6.04 Å². The van der Waals surface area contributed by atoms with Gasteiger partial charge in [0.05, 0.1) is 0 Å². The molecule has 1 atom stereocenters. The topological polar surface area (TPSA) is 69.6 Å². The first kappa shape index (κ1) is 17.8. The van der Waals surface area contributed by atoms with Crippen molar-refractivity contribution in [3.05, 3.63) is 0 Å². The smallest absolute Gasteiger partial charge is 0.326 e. The van der Waals surface area contributed by atoms with Crippen LogP contribution in [0.25, 0.3) is 0 Å². The van der Waals surface area contributed by atoms with Crippen molar-refractivity contribution < 1.29 is 14.7 Å². The summed E-state index contributed by atoms with van der Waals surface area (Å²) in [5, 5.41) is 12.1. The molecule has 0 radical (unpaired) electrons. The first-order chi connectivity index (χ1) is 9.62. The minimum absolute atomic E-state index is 0.238. The van der Waals surface area contributed by atoms with Gasteiger partial charge >= 0.3 is 12.0 Å². The number of nitrogens with zero attached hydrogens (tertiary/aromatic N) is 1. The van der Waals surface area contributed by atoms with Gasteiger partial charge in [-0.3, -0.25) is 0 Å². The zero-order chi connectivity index (χ0) is 16.2. The van der Waals surface area contributed by atoms with Crippen LogP contribution in [-0.2, 0) is 4.79 Å². The third-order valence-corrected chi connectivity index (χ3v) is 3.97. The zero-order valence-electron chi connectivity index (χ0n) is 14.0. The number of carbonyl (C=O) groups excluding carboxylic acids is 1. The van der Waals surface area contributed by atoms with Crippen LogP contribution in [0, 0.1) is 11.3 Å². The number of hydrogen-bond donors (Lipinski definition) is 2. The van der Waals surface area contributed by atoms with Gasteiger partial charge in [-0.25, -0.2) is 9.59 Å². The third kappa shape index (κ3) is 5.21. The molecule has 0 spiro atoms. The molecule has 0 unspecified atom stereocenters. The maximum Gasteiger partial charge on any atom is 0.326 e. The van der Waals surface area contributed by atoms with Crippen LogP contribution in [0.4, 0.5) is 4.79 Å². The van der Waals surface area contributed by atoms with Gasteiger partial charge in [0, 0.05) is 12.6 Å². The summed E-state index contributed by atoms with van der Waals surface area (Å²) in [5.74, 6) is -0.610. The SMILES string of the molecule is CC(C)CN(C(=O)N[C@H](C(=O)O)C(C)(C)C)C1CCCC1. The number of nitrogens with one attached hydrogen (secondary N) is 1. The average Bonchev–Trinajstić information content (AvgIpc) is 2.84. The van der Waals surface area contributed by atoms with E-state index in [9.17, 15) is 14.7 Å². The van der Waals surface area contributed by atoms with E-state index < -0.39 is 17.4 Å². The Hall–Kier alpha value is -1.26. The van der Waals surface area contributed by atoms with E-state index in [1.54, 1.807) is 0 Å². The van der Waals surface area contributed by atoms with Crippen molar-refractivity contribution >= 4 is 12.0 Å². The minimum atomic E-state index is -0.980. The quantitative estimate of drug-likeness (QED) is 0.819. The van der Waals surface area contributed by atoms with Crippen LogP contribution in [-0.4, -0.2) is 40.6 Å². The van der Waals surface area contributed by atoms with Gasteiger partial charge in [0.2, 0.25) is 0 Å². The molecule has 1 fully saturated rings. The summed E-state index contributed by atoms with van der Waals surface area (Å²) in [6.45, 7) is 10.3. The van der Waals surface area contributed by atoms with Crippen LogP contribution in [0.1, 0.15) is 60.3 Å². The van der Waals surface area contributed by atoms with E-state index in [4.69, 9.17) is 0 Å². The molecule has 0 aromatic carbocycles. The summed E-state index contributed by atoms with van der Waals surface area (Å²) in [6.07, 6.45) is 4.34. The monoisotopic (exact) mass is 298 g/mol. The highest BCUT2D eigenvalue weighted by Gasteiger charge is 2.35. The largest absolute Gasteiger partial charge is 0.480 e. The molecule has 1 aliphatic rings. The van der Waals surface area contributed by atoms with E-state index in [0.717, 1.165) is 25.7 Å². The Morgan fingerprint density at radius 3 is 2.14 bits per heavy atom. The number of aliphatic carboxylic acids is 1. The molecule has 0 aliphatic heterocycles. The minimum Gasteiger partial charge on any atom is -0.480 e. The Balaban J connectivity index is 2.81. The second-order valence-electron chi connectivity index (χ2n) is 7.57. The molecule has 1 saturated carbocycles. The second kappa shape index (κ2) is 7.14. The lowest BCUT2D eigenvalue weighted by atomic mass is 9.87. The van der Waals surface area contributed by atoms with Gasteiger partial charge in [0.15, 0.2) is 0 Å². The number of carboxylic acids is 1. The lowest BCUT2D eigenvalue weighted by Crippen LogP contribution is -2.55. The van der Waals surface area contributed by atoms with Crippen LogP contribution in [0.15, 0.2) is 0 Å². The standard InChI is InChI=1S/C16H30N2O3/c1-11(2)10-18(12-8-6-7-9-12)15(21)17-13(14(19)20)16(3,4)5/h11-13H,6-10H2,1-5H3,(H,17,21)(H,19,20)/t13-/m1/s1. The molecule has 0 heterocycles. The third-order valence-electron chi connectivity index (χ3n) is 3.97. The second-order valence-corrected chi connectivity index (χ2v) is 7.57. The maximum atomic E-state index is 12.6. The summed E-state index contributed by atoms with van der Waals surface area (Å²) in [5.41, 5.74) is -0.513. The molecule has 5 nitrogen and oxygen atoms in total. The van der Waals surface area contributed by atoms with Gasteiger partial charge < -0.3 is 15.3 Å². The van der Waals surface area contributed by atoms with Crippen LogP contribution in [0.5, 0.6) is 0 Å². The fourth-order valence-electron chi connectivity index (χ4n) is 2.86. The molecule has 0 saturated heterocycles. The van der Waals surface area contributed by atoms with Crippen molar-refractivity contribution in [2.24, 2.45) is 11.3 Å². The van der Waals surface area contributed by atoms with Crippen LogP contribution >= 0.6 is 0 Å². The van der Waals surface area contributed by atoms with E-state index in [0.29, 0.717) is 12.5 Å². The first-order valence-corrected chi connectivity index (χ1v) is 7.93. The molecule has 5 heteroatoms. The highest BCUT2D eigenvalue weighted by molar-refractivity contribution is 5.83. The molecule has 1 rings (SSSR count). The van der Waals surface area contributed by atoms with Gasteiger partial charge in [-0.05, 0) is 24.2 Å². The van der Waals surface area contributed by atoms with Crippen molar-refractivity contribution in [2.45, 2.75) is 72.4 Å². The van der Waals surface area contributed by atoms with E-state index in [2.05, 4.69) is 19.2 Å². The van der Waals surface area contributed by atoms with Crippen molar-refractivity contribution in [3.63, 3.8) is 0 Å². The molecule has 2 N–H and O–H groups in total. The molecular weight excluding hydrogens is 268 g/mol. The van der Waals surface area contributed by atoms with Crippen molar-refractivity contribution in [1.82, 2.24) is 10.2 Å². The Labute approximate surface area is 128 Å².